The van der Waals surface area contributed by atoms with Gasteiger partial charge in [0.05, 0.1) is 6.20 Å². The van der Waals surface area contributed by atoms with Gasteiger partial charge in [-0.25, -0.2) is 9.97 Å². The zero-order valence-electron chi connectivity index (χ0n) is 7.03. The van der Waals surface area contributed by atoms with E-state index in [0.29, 0.717) is 17.0 Å². The number of fused-ring (bicyclic) bond motifs is 1. The fourth-order valence-electron chi connectivity index (χ4n) is 1.24. The largest absolute Gasteiger partial charge is 0.440 e. The van der Waals surface area contributed by atoms with E-state index in [1.54, 1.807) is 23.1 Å². The lowest BCUT2D eigenvalue weighted by atomic mass is 10.6. The van der Waals surface area contributed by atoms with Crippen molar-refractivity contribution in [1.29, 1.82) is 0 Å². The van der Waals surface area contributed by atoms with Crippen LogP contribution >= 0.6 is 0 Å². The van der Waals surface area contributed by atoms with Gasteiger partial charge in [0.2, 0.25) is 5.65 Å². The van der Waals surface area contributed by atoms with Crippen LogP contribution in [-0.4, -0.2) is 24.7 Å². The fraction of sp³-hybridized carbons (Fsp3) is 0. The van der Waals surface area contributed by atoms with E-state index in [1.807, 2.05) is 0 Å². The molecule has 0 aliphatic rings. The minimum atomic E-state index is 0.642. The third-order valence-electron chi connectivity index (χ3n) is 1.85. The van der Waals surface area contributed by atoms with Crippen LogP contribution in [0.2, 0.25) is 0 Å². The standard InChI is InChI=1S/C8H5N5O/c1-2-9-4-10-7(1)13-8-6(3-12-13)14-5-11-8/h1-5H. The molecule has 3 aromatic rings. The van der Waals surface area contributed by atoms with Gasteiger partial charge in [-0.15, -0.1) is 0 Å². The van der Waals surface area contributed by atoms with E-state index in [-0.39, 0.29) is 0 Å². The predicted octanol–water partition coefficient (Wildman–Crippen LogP) is 0.803. The number of rotatable bonds is 1. The van der Waals surface area contributed by atoms with E-state index in [9.17, 15) is 0 Å². The average Bonchev–Trinajstić information content (AvgIpc) is 2.79. The molecule has 0 spiro atoms. The smallest absolute Gasteiger partial charge is 0.203 e. The van der Waals surface area contributed by atoms with Crippen LogP contribution in [0.1, 0.15) is 0 Å². The maximum atomic E-state index is 5.08. The van der Waals surface area contributed by atoms with Crippen LogP contribution in [0.5, 0.6) is 0 Å². The Morgan fingerprint density at radius 3 is 3.14 bits per heavy atom. The Balaban J connectivity index is 2.28. The first-order valence-electron chi connectivity index (χ1n) is 3.99. The molecule has 0 saturated carbocycles. The highest BCUT2D eigenvalue weighted by molar-refractivity contribution is 5.68. The predicted molar refractivity (Wildman–Crippen MR) is 46.7 cm³/mol. The average molecular weight is 187 g/mol. The monoisotopic (exact) mass is 187 g/mol. The molecule has 0 amide bonds. The Labute approximate surface area is 78.2 Å². The maximum Gasteiger partial charge on any atom is 0.203 e. The second-order valence-corrected chi connectivity index (χ2v) is 2.66. The summed E-state index contributed by atoms with van der Waals surface area (Å²) in [5.74, 6) is 0.670. The molecule has 0 aromatic carbocycles. The molecule has 0 radical (unpaired) electrons. The molecule has 0 N–H and O–H groups in total. The van der Waals surface area contributed by atoms with E-state index in [1.165, 1.54) is 12.7 Å². The summed E-state index contributed by atoms with van der Waals surface area (Å²) in [6.07, 6.45) is 6.09. The first-order chi connectivity index (χ1) is 6.95. The van der Waals surface area contributed by atoms with Gasteiger partial charge in [-0.1, -0.05) is 0 Å². The van der Waals surface area contributed by atoms with Crippen molar-refractivity contribution in [1.82, 2.24) is 24.7 Å². The van der Waals surface area contributed by atoms with E-state index < -0.39 is 0 Å². The van der Waals surface area contributed by atoms with Gasteiger partial charge in [-0.2, -0.15) is 14.8 Å². The lowest BCUT2D eigenvalue weighted by molar-refractivity contribution is 0.600. The highest BCUT2D eigenvalue weighted by Gasteiger charge is 2.08. The fourth-order valence-corrected chi connectivity index (χ4v) is 1.24. The van der Waals surface area contributed by atoms with Gasteiger partial charge in [0.15, 0.2) is 17.8 Å². The van der Waals surface area contributed by atoms with Gasteiger partial charge in [-0.3, -0.25) is 0 Å². The van der Waals surface area contributed by atoms with Gasteiger partial charge in [0.1, 0.15) is 6.33 Å². The number of nitrogens with zero attached hydrogens (tertiary/aromatic N) is 5. The van der Waals surface area contributed by atoms with Gasteiger partial charge in [-0.05, 0) is 0 Å². The number of hydrogen-bond donors (Lipinski definition) is 0. The van der Waals surface area contributed by atoms with Crippen molar-refractivity contribution in [3.63, 3.8) is 0 Å². The molecule has 6 nitrogen and oxygen atoms in total. The molecule has 0 atom stereocenters. The summed E-state index contributed by atoms with van der Waals surface area (Å²) in [5.41, 5.74) is 1.30. The lowest BCUT2D eigenvalue weighted by Crippen LogP contribution is -1.99. The summed E-state index contributed by atoms with van der Waals surface area (Å²) in [5, 5.41) is 4.10. The summed E-state index contributed by atoms with van der Waals surface area (Å²) in [4.78, 5) is 11.9. The van der Waals surface area contributed by atoms with Gasteiger partial charge in [0, 0.05) is 12.3 Å². The summed E-state index contributed by atoms with van der Waals surface area (Å²) < 4.78 is 6.68. The molecule has 0 aliphatic carbocycles. The summed E-state index contributed by atoms with van der Waals surface area (Å²) in [7, 11) is 0. The summed E-state index contributed by atoms with van der Waals surface area (Å²) in [6.45, 7) is 0. The van der Waals surface area contributed by atoms with E-state index >= 15 is 0 Å². The van der Waals surface area contributed by atoms with Crippen molar-refractivity contribution < 1.29 is 4.42 Å². The molecule has 3 heterocycles. The van der Waals surface area contributed by atoms with Gasteiger partial charge < -0.3 is 4.42 Å². The van der Waals surface area contributed by atoms with Crippen molar-refractivity contribution in [2.45, 2.75) is 0 Å². The topological polar surface area (TPSA) is 69.6 Å². The van der Waals surface area contributed by atoms with Crippen molar-refractivity contribution in [3.05, 3.63) is 31.2 Å². The quantitative estimate of drug-likeness (QED) is 0.563. The first kappa shape index (κ1) is 7.19. The van der Waals surface area contributed by atoms with Crippen molar-refractivity contribution in [2.75, 3.05) is 0 Å². The molecule has 6 heteroatoms. The third kappa shape index (κ3) is 0.905. The van der Waals surface area contributed by atoms with E-state index in [0.717, 1.165) is 0 Å². The normalized spacial score (nSPS) is 10.9. The van der Waals surface area contributed by atoms with Gasteiger partial charge >= 0.3 is 0 Å². The van der Waals surface area contributed by atoms with Crippen molar-refractivity contribution in [3.8, 4) is 5.82 Å². The van der Waals surface area contributed by atoms with Crippen LogP contribution in [0.25, 0.3) is 17.0 Å². The van der Waals surface area contributed by atoms with Crippen LogP contribution in [0.4, 0.5) is 0 Å². The molecule has 0 fully saturated rings. The Kier molecular flexibility index (Phi) is 1.35. The minimum absolute atomic E-state index is 0.642. The third-order valence-corrected chi connectivity index (χ3v) is 1.85. The number of aromatic nitrogens is 5. The highest BCUT2D eigenvalue weighted by atomic mass is 16.3. The van der Waals surface area contributed by atoms with Crippen molar-refractivity contribution in [2.24, 2.45) is 0 Å². The molecule has 14 heavy (non-hydrogen) atoms. The Morgan fingerprint density at radius 1 is 1.29 bits per heavy atom. The molecule has 3 aromatic heterocycles. The van der Waals surface area contributed by atoms with E-state index in [4.69, 9.17) is 4.42 Å². The Bertz CT molecular complexity index is 555. The number of oxazole rings is 1. The zero-order chi connectivity index (χ0) is 9.38. The van der Waals surface area contributed by atoms with Gasteiger partial charge in [0.25, 0.3) is 0 Å². The lowest BCUT2D eigenvalue weighted by Gasteiger charge is -1.96. The molecule has 3 rings (SSSR count). The molecule has 68 valence electrons. The second-order valence-electron chi connectivity index (χ2n) is 2.66. The SMILES string of the molecule is c1cc(-n2ncc3ocnc32)ncn1. The highest BCUT2D eigenvalue weighted by Crippen LogP contribution is 2.13. The van der Waals surface area contributed by atoms with Crippen LogP contribution < -0.4 is 0 Å². The van der Waals surface area contributed by atoms with Crippen molar-refractivity contribution >= 4 is 11.2 Å². The summed E-state index contributed by atoms with van der Waals surface area (Å²) in [6, 6.07) is 1.75. The van der Waals surface area contributed by atoms with Crippen LogP contribution in [0, 0.1) is 0 Å². The molecule has 0 saturated heterocycles. The summed E-state index contributed by atoms with van der Waals surface area (Å²) >= 11 is 0. The molecular formula is C8H5N5O. The Hall–Kier alpha value is -2.24. The Morgan fingerprint density at radius 2 is 2.29 bits per heavy atom. The van der Waals surface area contributed by atoms with Crippen LogP contribution in [0.3, 0.4) is 0 Å². The minimum Gasteiger partial charge on any atom is -0.440 e. The van der Waals surface area contributed by atoms with E-state index in [2.05, 4.69) is 20.1 Å². The van der Waals surface area contributed by atoms with Crippen LogP contribution in [0.15, 0.2) is 35.6 Å². The zero-order valence-corrected chi connectivity index (χ0v) is 7.03. The van der Waals surface area contributed by atoms with Crippen LogP contribution in [-0.2, 0) is 0 Å². The molecular weight excluding hydrogens is 182 g/mol. The first-order valence-corrected chi connectivity index (χ1v) is 3.99. The second kappa shape index (κ2) is 2.63. The molecule has 0 aliphatic heterocycles. The maximum absolute atomic E-state index is 5.08. The number of hydrogen-bond acceptors (Lipinski definition) is 5. The molecule has 0 bridgehead atoms. The molecule has 0 unspecified atom stereocenters.